The summed E-state index contributed by atoms with van der Waals surface area (Å²) in [5.74, 6) is 0.570. The number of fused-ring (bicyclic) bond motifs is 2. The Morgan fingerprint density at radius 2 is 1.75 bits per heavy atom. The van der Waals surface area contributed by atoms with Crippen molar-refractivity contribution in [3.05, 3.63) is 93.3 Å². The SMILES string of the molecule is Cc1ccc(-n2c(-c3cc4cc(Br)ccc4oc3=O)nc3ccccc32)cc1. The molecular weight excluding hydrogens is 416 g/mol. The van der Waals surface area contributed by atoms with Gasteiger partial charge in [-0.25, -0.2) is 9.78 Å². The van der Waals surface area contributed by atoms with Crippen LogP contribution in [0.15, 0.2) is 86.5 Å². The molecule has 136 valence electrons. The Labute approximate surface area is 169 Å². The van der Waals surface area contributed by atoms with Crippen LogP contribution < -0.4 is 5.63 Å². The fourth-order valence-corrected chi connectivity index (χ4v) is 3.79. The van der Waals surface area contributed by atoms with Crippen LogP contribution >= 0.6 is 15.9 Å². The topological polar surface area (TPSA) is 48.0 Å². The number of imidazole rings is 1. The van der Waals surface area contributed by atoms with Crippen molar-refractivity contribution < 1.29 is 4.42 Å². The van der Waals surface area contributed by atoms with Gasteiger partial charge in [-0.3, -0.25) is 4.57 Å². The highest BCUT2D eigenvalue weighted by Crippen LogP contribution is 2.29. The first-order valence-corrected chi connectivity index (χ1v) is 9.68. The highest BCUT2D eigenvalue weighted by molar-refractivity contribution is 9.10. The largest absolute Gasteiger partial charge is 0.422 e. The number of aryl methyl sites for hydroxylation is 1. The number of rotatable bonds is 2. The van der Waals surface area contributed by atoms with Crippen molar-refractivity contribution in [2.75, 3.05) is 0 Å². The van der Waals surface area contributed by atoms with Crippen molar-refractivity contribution >= 4 is 37.9 Å². The van der Waals surface area contributed by atoms with Crippen LogP contribution in [0.1, 0.15) is 5.56 Å². The van der Waals surface area contributed by atoms with Gasteiger partial charge in [-0.15, -0.1) is 0 Å². The Morgan fingerprint density at radius 1 is 0.964 bits per heavy atom. The van der Waals surface area contributed by atoms with Gasteiger partial charge in [0.15, 0.2) is 5.82 Å². The Bertz CT molecular complexity index is 1400. The lowest BCUT2D eigenvalue weighted by Crippen LogP contribution is -2.07. The molecule has 0 unspecified atom stereocenters. The van der Waals surface area contributed by atoms with Gasteiger partial charge in [0.25, 0.3) is 0 Å². The molecule has 0 aliphatic carbocycles. The van der Waals surface area contributed by atoms with Gasteiger partial charge in [-0.2, -0.15) is 0 Å². The van der Waals surface area contributed by atoms with Gasteiger partial charge in [-0.05, 0) is 55.5 Å². The standard InChI is InChI=1S/C23H15BrN2O2/c1-14-6-9-17(10-7-14)26-20-5-3-2-4-19(20)25-22(26)18-13-15-12-16(24)8-11-21(15)28-23(18)27/h2-13H,1H3. The van der Waals surface area contributed by atoms with Crippen LogP contribution in [0.2, 0.25) is 0 Å². The van der Waals surface area contributed by atoms with E-state index in [4.69, 9.17) is 9.40 Å². The van der Waals surface area contributed by atoms with E-state index in [2.05, 4.69) is 15.9 Å². The zero-order chi connectivity index (χ0) is 19.3. The summed E-state index contributed by atoms with van der Waals surface area (Å²) in [5.41, 5.74) is 4.46. The van der Waals surface area contributed by atoms with Crippen LogP contribution in [0.3, 0.4) is 0 Å². The van der Waals surface area contributed by atoms with Crippen molar-refractivity contribution in [2.45, 2.75) is 6.92 Å². The summed E-state index contributed by atoms with van der Waals surface area (Å²) in [6, 6.07) is 23.4. The molecule has 3 aromatic carbocycles. The minimum Gasteiger partial charge on any atom is -0.422 e. The molecule has 0 bridgehead atoms. The van der Waals surface area contributed by atoms with Gasteiger partial charge >= 0.3 is 5.63 Å². The van der Waals surface area contributed by atoms with Crippen molar-refractivity contribution in [1.82, 2.24) is 9.55 Å². The first kappa shape index (κ1) is 17.0. The maximum absolute atomic E-state index is 12.8. The zero-order valence-electron chi connectivity index (χ0n) is 15.0. The van der Waals surface area contributed by atoms with Crippen molar-refractivity contribution in [1.29, 1.82) is 0 Å². The average Bonchev–Trinajstić information content (AvgIpc) is 3.08. The number of halogens is 1. The molecule has 5 heteroatoms. The summed E-state index contributed by atoms with van der Waals surface area (Å²) >= 11 is 3.48. The maximum atomic E-state index is 12.8. The van der Waals surface area contributed by atoms with Gasteiger partial charge in [0, 0.05) is 15.5 Å². The summed E-state index contributed by atoms with van der Waals surface area (Å²) in [6.45, 7) is 2.05. The minimum absolute atomic E-state index is 0.404. The second-order valence-corrected chi connectivity index (χ2v) is 7.64. The van der Waals surface area contributed by atoms with Crippen LogP contribution in [0, 0.1) is 6.92 Å². The van der Waals surface area contributed by atoms with Gasteiger partial charge in [-0.1, -0.05) is 45.8 Å². The van der Waals surface area contributed by atoms with Gasteiger partial charge < -0.3 is 4.42 Å². The molecule has 2 aromatic heterocycles. The van der Waals surface area contributed by atoms with Crippen LogP contribution in [0.5, 0.6) is 0 Å². The maximum Gasteiger partial charge on any atom is 0.347 e. The predicted molar refractivity (Wildman–Crippen MR) is 115 cm³/mol. The fourth-order valence-electron chi connectivity index (χ4n) is 3.41. The molecule has 4 nitrogen and oxygen atoms in total. The summed E-state index contributed by atoms with van der Waals surface area (Å²) in [5, 5.41) is 0.839. The number of nitrogens with zero attached hydrogens (tertiary/aromatic N) is 2. The van der Waals surface area contributed by atoms with Crippen LogP contribution in [0.4, 0.5) is 0 Å². The Morgan fingerprint density at radius 3 is 2.57 bits per heavy atom. The third-order valence-corrected chi connectivity index (χ3v) is 5.28. The summed E-state index contributed by atoms with van der Waals surface area (Å²) in [6.07, 6.45) is 0. The van der Waals surface area contributed by atoms with E-state index < -0.39 is 5.63 Å². The molecule has 28 heavy (non-hydrogen) atoms. The molecule has 0 saturated carbocycles. The number of hydrogen-bond acceptors (Lipinski definition) is 3. The summed E-state index contributed by atoms with van der Waals surface area (Å²) in [7, 11) is 0. The highest BCUT2D eigenvalue weighted by Gasteiger charge is 2.18. The lowest BCUT2D eigenvalue weighted by Gasteiger charge is -2.10. The third-order valence-electron chi connectivity index (χ3n) is 4.79. The van der Waals surface area contributed by atoms with E-state index in [1.165, 1.54) is 5.56 Å². The molecule has 0 spiro atoms. The van der Waals surface area contributed by atoms with Crippen LogP contribution in [-0.2, 0) is 0 Å². The summed E-state index contributed by atoms with van der Waals surface area (Å²) < 4.78 is 8.51. The summed E-state index contributed by atoms with van der Waals surface area (Å²) in [4.78, 5) is 17.6. The lowest BCUT2D eigenvalue weighted by molar-refractivity contribution is 0.562. The Kier molecular flexibility index (Phi) is 3.91. The Balaban J connectivity index is 1.85. The molecule has 0 N–H and O–H groups in total. The lowest BCUT2D eigenvalue weighted by atomic mass is 10.1. The van der Waals surface area contributed by atoms with Crippen molar-refractivity contribution in [2.24, 2.45) is 0 Å². The zero-order valence-corrected chi connectivity index (χ0v) is 16.6. The third kappa shape index (κ3) is 2.75. The fraction of sp³-hybridized carbons (Fsp3) is 0.0435. The normalized spacial score (nSPS) is 11.4. The van der Waals surface area contributed by atoms with Crippen LogP contribution in [0.25, 0.3) is 39.1 Å². The molecule has 0 saturated heterocycles. The molecule has 0 atom stereocenters. The molecule has 0 aliphatic rings. The molecule has 5 aromatic rings. The molecule has 0 fully saturated rings. The van der Waals surface area contributed by atoms with E-state index in [9.17, 15) is 4.79 Å². The number of hydrogen-bond donors (Lipinski definition) is 0. The van der Waals surface area contributed by atoms with Gasteiger partial charge in [0.2, 0.25) is 0 Å². The number of para-hydroxylation sites is 2. The molecule has 0 radical (unpaired) electrons. The molecule has 0 amide bonds. The number of benzene rings is 3. The first-order valence-electron chi connectivity index (χ1n) is 8.88. The van der Waals surface area contributed by atoms with Gasteiger partial charge in [0.05, 0.1) is 11.0 Å². The van der Waals surface area contributed by atoms with E-state index in [0.717, 1.165) is 26.6 Å². The quantitative estimate of drug-likeness (QED) is 0.329. The molecule has 5 rings (SSSR count). The first-order chi connectivity index (χ1) is 13.6. The molecular formula is C23H15BrN2O2. The van der Waals surface area contributed by atoms with Crippen molar-refractivity contribution in [3.8, 4) is 17.1 Å². The smallest absolute Gasteiger partial charge is 0.347 e. The second kappa shape index (κ2) is 6.46. The predicted octanol–water partition coefficient (Wildman–Crippen LogP) is 5.87. The van der Waals surface area contributed by atoms with Crippen LogP contribution in [-0.4, -0.2) is 9.55 Å². The van der Waals surface area contributed by atoms with E-state index in [0.29, 0.717) is 17.0 Å². The molecule has 0 aliphatic heterocycles. The molecule has 2 heterocycles. The van der Waals surface area contributed by atoms with Crippen molar-refractivity contribution in [3.63, 3.8) is 0 Å². The highest BCUT2D eigenvalue weighted by atomic mass is 79.9. The number of aromatic nitrogens is 2. The van der Waals surface area contributed by atoms with E-state index >= 15 is 0 Å². The minimum atomic E-state index is -0.404. The van der Waals surface area contributed by atoms with E-state index in [1.54, 1.807) is 6.07 Å². The van der Waals surface area contributed by atoms with E-state index in [1.807, 2.05) is 78.2 Å². The monoisotopic (exact) mass is 430 g/mol. The van der Waals surface area contributed by atoms with Gasteiger partial charge in [0.1, 0.15) is 11.1 Å². The Hall–Kier alpha value is -3.18. The second-order valence-electron chi connectivity index (χ2n) is 6.72. The van der Waals surface area contributed by atoms with E-state index in [-0.39, 0.29) is 0 Å². The average molecular weight is 431 g/mol.